The minimum atomic E-state index is 0.391. The second-order valence-electron chi connectivity index (χ2n) is 4.10. The number of nitrogens with zero attached hydrogens (tertiary/aromatic N) is 2. The number of nitrogens with one attached hydrogen (secondary N) is 2. The SMILES string of the molecule is CCOCc1nc(NN)cc(NCCC(C)SC)n1. The zero-order chi connectivity index (χ0) is 14.1. The first kappa shape index (κ1) is 16.0. The lowest BCUT2D eigenvalue weighted by Gasteiger charge is -2.11. The summed E-state index contributed by atoms with van der Waals surface area (Å²) in [6.07, 6.45) is 3.20. The first-order chi connectivity index (χ1) is 9.19. The molecular weight excluding hydrogens is 262 g/mol. The average Bonchev–Trinajstić information content (AvgIpc) is 2.44. The summed E-state index contributed by atoms with van der Waals surface area (Å²) in [5.41, 5.74) is 2.54. The lowest BCUT2D eigenvalue weighted by Crippen LogP contribution is -2.14. The van der Waals surface area contributed by atoms with Crippen LogP contribution in [0.1, 0.15) is 26.1 Å². The smallest absolute Gasteiger partial charge is 0.158 e. The van der Waals surface area contributed by atoms with Crippen molar-refractivity contribution in [2.24, 2.45) is 5.84 Å². The van der Waals surface area contributed by atoms with Crippen molar-refractivity contribution in [2.75, 3.05) is 30.1 Å². The number of thioether (sulfide) groups is 1. The Labute approximate surface area is 118 Å². The Kier molecular flexibility index (Phi) is 7.54. The predicted molar refractivity (Wildman–Crippen MR) is 81.3 cm³/mol. The highest BCUT2D eigenvalue weighted by Crippen LogP contribution is 2.13. The molecule has 0 amide bonds. The molecule has 1 heterocycles. The van der Waals surface area contributed by atoms with Crippen molar-refractivity contribution in [2.45, 2.75) is 32.1 Å². The zero-order valence-electron chi connectivity index (χ0n) is 11.8. The molecule has 0 saturated heterocycles. The van der Waals surface area contributed by atoms with Crippen molar-refractivity contribution >= 4 is 23.4 Å². The molecule has 0 aromatic carbocycles. The van der Waals surface area contributed by atoms with Crippen LogP contribution < -0.4 is 16.6 Å². The van der Waals surface area contributed by atoms with Gasteiger partial charge in [0.25, 0.3) is 0 Å². The first-order valence-electron chi connectivity index (χ1n) is 6.38. The minimum absolute atomic E-state index is 0.391. The number of hydrogen-bond donors (Lipinski definition) is 3. The molecule has 0 saturated carbocycles. The van der Waals surface area contributed by atoms with Gasteiger partial charge < -0.3 is 15.5 Å². The largest absolute Gasteiger partial charge is 0.374 e. The molecule has 0 bridgehead atoms. The summed E-state index contributed by atoms with van der Waals surface area (Å²) in [5, 5.41) is 3.91. The van der Waals surface area contributed by atoms with Gasteiger partial charge in [-0.1, -0.05) is 6.92 Å². The Balaban J connectivity index is 2.60. The molecule has 108 valence electrons. The first-order valence-corrected chi connectivity index (χ1v) is 7.67. The average molecular weight is 285 g/mol. The van der Waals surface area contributed by atoms with E-state index in [4.69, 9.17) is 10.6 Å². The molecule has 19 heavy (non-hydrogen) atoms. The van der Waals surface area contributed by atoms with Gasteiger partial charge in [-0.2, -0.15) is 11.8 Å². The molecule has 1 atom stereocenters. The van der Waals surface area contributed by atoms with Crippen LogP contribution in [-0.4, -0.2) is 34.6 Å². The fraction of sp³-hybridized carbons (Fsp3) is 0.667. The van der Waals surface area contributed by atoms with E-state index in [1.165, 1.54) is 0 Å². The third kappa shape index (κ3) is 6.09. The molecule has 0 spiro atoms. The van der Waals surface area contributed by atoms with E-state index in [2.05, 4.69) is 33.9 Å². The lowest BCUT2D eigenvalue weighted by atomic mass is 10.3. The van der Waals surface area contributed by atoms with E-state index in [9.17, 15) is 0 Å². The zero-order valence-corrected chi connectivity index (χ0v) is 12.6. The summed E-state index contributed by atoms with van der Waals surface area (Å²) in [4.78, 5) is 8.62. The van der Waals surface area contributed by atoms with Gasteiger partial charge in [0, 0.05) is 24.5 Å². The third-order valence-corrected chi connectivity index (χ3v) is 3.66. The molecule has 0 aliphatic heterocycles. The number of aromatic nitrogens is 2. The van der Waals surface area contributed by atoms with Gasteiger partial charge in [0.05, 0.1) is 0 Å². The van der Waals surface area contributed by atoms with Crippen LogP contribution in [0.15, 0.2) is 6.07 Å². The van der Waals surface area contributed by atoms with Gasteiger partial charge >= 0.3 is 0 Å². The van der Waals surface area contributed by atoms with Crippen molar-refractivity contribution in [3.8, 4) is 0 Å². The van der Waals surface area contributed by atoms with E-state index in [-0.39, 0.29) is 0 Å². The quantitative estimate of drug-likeness (QED) is 0.471. The maximum absolute atomic E-state index is 5.40. The fourth-order valence-corrected chi connectivity index (χ4v) is 1.79. The van der Waals surface area contributed by atoms with Crippen LogP contribution in [0.25, 0.3) is 0 Å². The Morgan fingerprint density at radius 1 is 1.42 bits per heavy atom. The Hall–Kier alpha value is -1.05. The number of anilines is 2. The number of hydrogen-bond acceptors (Lipinski definition) is 7. The lowest BCUT2D eigenvalue weighted by molar-refractivity contribution is 0.128. The number of nitrogens with two attached hydrogens (primary N) is 1. The van der Waals surface area contributed by atoms with E-state index < -0.39 is 0 Å². The molecule has 0 fully saturated rings. The highest BCUT2D eigenvalue weighted by atomic mass is 32.2. The molecule has 4 N–H and O–H groups in total. The molecule has 1 aromatic heterocycles. The summed E-state index contributed by atoms with van der Waals surface area (Å²) in [5.74, 6) is 7.38. The van der Waals surface area contributed by atoms with Gasteiger partial charge in [0.15, 0.2) is 5.82 Å². The maximum Gasteiger partial charge on any atom is 0.158 e. The molecular formula is C12H23N5OS. The monoisotopic (exact) mass is 285 g/mol. The van der Waals surface area contributed by atoms with Gasteiger partial charge in [0.1, 0.15) is 18.2 Å². The summed E-state index contributed by atoms with van der Waals surface area (Å²) in [7, 11) is 0. The predicted octanol–water partition coefficient (Wildman–Crippen LogP) is 1.85. The van der Waals surface area contributed by atoms with E-state index >= 15 is 0 Å². The van der Waals surface area contributed by atoms with Crippen molar-refractivity contribution in [3.63, 3.8) is 0 Å². The summed E-state index contributed by atoms with van der Waals surface area (Å²) in [6.45, 7) is 6.05. The fourth-order valence-electron chi connectivity index (χ4n) is 1.44. The Morgan fingerprint density at radius 3 is 2.79 bits per heavy atom. The normalized spacial score (nSPS) is 12.2. The highest BCUT2D eigenvalue weighted by molar-refractivity contribution is 7.99. The standard InChI is InChI=1S/C12H23N5OS/c1-4-18-8-12-15-10(7-11(16-12)17-13)14-6-5-9(2)19-3/h7,9H,4-6,8,13H2,1-3H3,(H2,14,15,16,17). The molecule has 1 aromatic rings. The molecule has 6 nitrogen and oxygen atoms in total. The third-order valence-electron chi connectivity index (χ3n) is 2.61. The number of ether oxygens (including phenoxy) is 1. The van der Waals surface area contributed by atoms with Crippen molar-refractivity contribution in [1.29, 1.82) is 0 Å². The topological polar surface area (TPSA) is 85.1 Å². The van der Waals surface area contributed by atoms with Crippen LogP contribution >= 0.6 is 11.8 Å². The summed E-state index contributed by atoms with van der Waals surface area (Å²) in [6, 6.07) is 1.79. The summed E-state index contributed by atoms with van der Waals surface area (Å²) >= 11 is 1.86. The van der Waals surface area contributed by atoms with E-state index in [0.29, 0.717) is 30.1 Å². The van der Waals surface area contributed by atoms with Crippen LogP contribution in [0.4, 0.5) is 11.6 Å². The summed E-state index contributed by atoms with van der Waals surface area (Å²) < 4.78 is 5.31. The number of rotatable bonds is 9. The van der Waals surface area contributed by atoms with Crippen molar-refractivity contribution in [3.05, 3.63) is 11.9 Å². The highest BCUT2D eigenvalue weighted by Gasteiger charge is 2.05. The molecule has 0 aliphatic rings. The number of nitrogen functional groups attached to an aromatic ring is 1. The molecule has 0 radical (unpaired) electrons. The second-order valence-corrected chi connectivity index (χ2v) is 5.37. The molecule has 7 heteroatoms. The number of hydrazine groups is 1. The minimum Gasteiger partial charge on any atom is -0.374 e. The molecule has 0 aliphatic carbocycles. The van der Waals surface area contributed by atoms with Gasteiger partial charge in [-0.3, -0.25) is 0 Å². The second kappa shape index (κ2) is 8.95. The van der Waals surface area contributed by atoms with E-state index in [0.717, 1.165) is 18.8 Å². The Bertz CT molecular complexity index is 377. The Morgan fingerprint density at radius 2 is 2.16 bits per heavy atom. The van der Waals surface area contributed by atoms with Crippen molar-refractivity contribution in [1.82, 2.24) is 9.97 Å². The van der Waals surface area contributed by atoms with Crippen LogP contribution in [0.5, 0.6) is 0 Å². The maximum atomic E-state index is 5.40. The van der Waals surface area contributed by atoms with Crippen LogP contribution in [0.3, 0.4) is 0 Å². The van der Waals surface area contributed by atoms with Gasteiger partial charge in [0.2, 0.25) is 0 Å². The van der Waals surface area contributed by atoms with Gasteiger partial charge in [-0.05, 0) is 19.6 Å². The van der Waals surface area contributed by atoms with E-state index in [1.807, 2.05) is 18.7 Å². The van der Waals surface area contributed by atoms with Gasteiger partial charge in [-0.15, -0.1) is 0 Å². The molecule has 1 unspecified atom stereocenters. The van der Waals surface area contributed by atoms with Crippen LogP contribution in [0, 0.1) is 0 Å². The van der Waals surface area contributed by atoms with Crippen LogP contribution in [-0.2, 0) is 11.3 Å². The molecule has 1 rings (SSSR count). The van der Waals surface area contributed by atoms with E-state index in [1.54, 1.807) is 6.07 Å². The van der Waals surface area contributed by atoms with Crippen molar-refractivity contribution < 1.29 is 4.74 Å². The van der Waals surface area contributed by atoms with Gasteiger partial charge in [-0.25, -0.2) is 15.8 Å². The van der Waals surface area contributed by atoms with Crippen LogP contribution in [0.2, 0.25) is 0 Å².